The molecule has 0 spiro atoms. The van der Waals surface area contributed by atoms with Crippen molar-refractivity contribution in [3.8, 4) is 0 Å². The summed E-state index contributed by atoms with van der Waals surface area (Å²) in [5.74, 6) is -0.276. The molecule has 2 rings (SSSR count). The molecule has 21 heavy (non-hydrogen) atoms. The molecule has 110 valence electrons. The van der Waals surface area contributed by atoms with E-state index in [1.54, 1.807) is 6.92 Å². The van der Waals surface area contributed by atoms with Crippen LogP contribution in [0.3, 0.4) is 0 Å². The zero-order chi connectivity index (χ0) is 15.2. The lowest BCUT2D eigenvalue weighted by atomic mass is 10.1. The van der Waals surface area contributed by atoms with Gasteiger partial charge in [-0.1, -0.05) is 30.3 Å². The van der Waals surface area contributed by atoms with E-state index in [1.807, 2.05) is 30.3 Å². The highest BCUT2D eigenvalue weighted by Crippen LogP contribution is 2.06. The van der Waals surface area contributed by atoms with E-state index in [4.69, 9.17) is 5.11 Å². The van der Waals surface area contributed by atoms with Crippen LogP contribution in [-0.4, -0.2) is 21.0 Å². The maximum Gasteiger partial charge on any atom is 0.303 e. The number of aryl methyl sites for hydroxylation is 3. The summed E-state index contributed by atoms with van der Waals surface area (Å²) < 4.78 is 0. The second-order valence-corrected chi connectivity index (χ2v) is 4.96. The van der Waals surface area contributed by atoms with Gasteiger partial charge in [-0.3, -0.25) is 9.59 Å². The highest BCUT2D eigenvalue weighted by Gasteiger charge is 2.10. The second-order valence-electron chi connectivity index (χ2n) is 4.96. The predicted molar refractivity (Wildman–Crippen MR) is 79.4 cm³/mol. The molecule has 0 aliphatic carbocycles. The van der Waals surface area contributed by atoms with Crippen LogP contribution in [0.5, 0.6) is 0 Å². The summed E-state index contributed by atoms with van der Waals surface area (Å²) in [6.45, 7) is 1.75. The first-order chi connectivity index (χ1) is 10.1. The number of hydrogen-bond donors (Lipinski definition) is 2. The molecule has 0 radical (unpaired) electrons. The molecule has 0 unspecified atom stereocenters. The summed E-state index contributed by atoms with van der Waals surface area (Å²) in [4.78, 5) is 29.7. The molecule has 1 aromatic carbocycles. The van der Waals surface area contributed by atoms with Crippen LogP contribution in [0.2, 0.25) is 0 Å². The quantitative estimate of drug-likeness (QED) is 0.849. The first-order valence-corrected chi connectivity index (χ1v) is 6.90. The van der Waals surface area contributed by atoms with E-state index in [0.717, 1.165) is 6.42 Å². The second kappa shape index (κ2) is 6.83. The summed E-state index contributed by atoms with van der Waals surface area (Å²) >= 11 is 0. The Labute approximate surface area is 122 Å². The van der Waals surface area contributed by atoms with Crippen molar-refractivity contribution in [2.45, 2.75) is 32.6 Å². The Bertz CT molecular complexity index is 678. The molecule has 5 nitrogen and oxygen atoms in total. The van der Waals surface area contributed by atoms with Gasteiger partial charge in [0.05, 0.1) is 0 Å². The standard InChI is InChI=1S/C16H18N2O3/c1-11-13(8-10-15(19)20)16(21)18-14(17-11)9-7-12-5-3-2-4-6-12/h2-6H,7-10H2,1H3,(H,19,20)(H,17,18,21). The molecule has 0 atom stereocenters. The number of aliphatic carboxylic acids is 1. The summed E-state index contributed by atoms with van der Waals surface area (Å²) in [5.41, 5.74) is 2.03. The number of nitrogens with zero attached hydrogens (tertiary/aromatic N) is 1. The van der Waals surface area contributed by atoms with E-state index in [9.17, 15) is 9.59 Å². The lowest BCUT2D eigenvalue weighted by Gasteiger charge is -2.06. The van der Waals surface area contributed by atoms with Gasteiger partial charge in [0, 0.05) is 24.1 Å². The van der Waals surface area contributed by atoms with Crippen LogP contribution in [0.15, 0.2) is 35.1 Å². The van der Waals surface area contributed by atoms with Gasteiger partial charge in [0.25, 0.3) is 5.56 Å². The zero-order valence-electron chi connectivity index (χ0n) is 11.9. The van der Waals surface area contributed by atoms with Gasteiger partial charge < -0.3 is 10.1 Å². The smallest absolute Gasteiger partial charge is 0.303 e. The van der Waals surface area contributed by atoms with Gasteiger partial charge in [-0.15, -0.1) is 0 Å². The van der Waals surface area contributed by atoms with Gasteiger partial charge >= 0.3 is 5.97 Å². The fourth-order valence-corrected chi connectivity index (χ4v) is 2.22. The van der Waals surface area contributed by atoms with Gasteiger partial charge in [-0.25, -0.2) is 4.98 Å². The number of carboxylic acids is 1. The average Bonchev–Trinajstić information content (AvgIpc) is 2.45. The maximum atomic E-state index is 12.0. The molecule has 0 aliphatic heterocycles. The highest BCUT2D eigenvalue weighted by atomic mass is 16.4. The molecular weight excluding hydrogens is 268 g/mol. The zero-order valence-corrected chi connectivity index (χ0v) is 11.9. The van der Waals surface area contributed by atoms with Crippen molar-refractivity contribution in [1.29, 1.82) is 0 Å². The summed E-state index contributed by atoms with van der Waals surface area (Å²) in [6, 6.07) is 9.99. The predicted octanol–water partition coefficient (Wildman–Crippen LogP) is 1.88. The minimum absolute atomic E-state index is 0.0606. The monoisotopic (exact) mass is 286 g/mol. The third-order valence-corrected chi connectivity index (χ3v) is 3.35. The van der Waals surface area contributed by atoms with E-state index in [2.05, 4.69) is 9.97 Å². The fraction of sp³-hybridized carbons (Fsp3) is 0.312. The van der Waals surface area contributed by atoms with E-state index < -0.39 is 5.97 Å². The van der Waals surface area contributed by atoms with E-state index in [1.165, 1.54) is 5.56 Å². The number of aromatic nitrogens is 2. The van der Waals surface area contributed by atoms with Crippen molar-refractivity contribution in [3.05, 3.63) is 63.3 Å². The summed E-state index contributed by atoms with van der Waals surface area (Å²) in [7, 11) is 0. The maximum absolute atomic E-state index is 12.0. The van der Waals surface area contributed by atoms with E-state index >= 15 is 0 Å². The number of nitrogens with one attached hydrogen (secondary N) is 1. The number of benzene rings is 1. The molecule has 2 aromatic rings. The van der Waals surface area contributed by atoms with Crippen LogP contribution in [0.4, 0.5) is 0 Å². The number of rotatable bonds is 6. The number of hydrogen-bond acceptors (Lipinski definition) is 3. The van der Waals surface area contributed by atoms with E-state index in [-0.39, 0.29) is 18.4 Å². The first kappa shape index (κ1) is 15.0. The minimum atomic E-state index is -0.915. The van der Waals surface area contributed by atoms with Crippen molar-refractivity contribution in [3.63, 3.8) is 0 Å². The largest absolute Gasteiger partial charge is 0.481 e. The van der Waals surface area contributed by atoms with Gasteiger partial charge in [0.2, 0.25) is 0 Å². The molecular formula is C16H18N2O3. The van der Waals surface area contributed by atoms with Crippen molar-refractivity contribution >= 4 is 5.97 Å². The van der Waals surface area contributed by atoms with Crippen LogP contribution in [-0.2, 0) is 24.1 Å². The van der Waals surface area contributed by atoms with Crippen LogP contribution < -0.4 is 5.56 Å². The topological polar surface area (TPSA) is 83.0 Å². The molecule has 1 heterocycles. The van der Waals surface area contributed by atoms with E-state index in [0.29, 0.717) is 23.5 Å². The van der Waals surface area contributed by atoms with Gasteiger partial charge in [-0.2, -0.15) is 0 Å². The Hall–Kier alpha value is -2.43. The van der Waals surface area contributed by atoms with Crippen molar-refractivity contribution in [1.82, 2.24) is 9.97 Å². The molecule has 2 N–H and O–H groups in total. The molecule has 0 aliphatic rings. The normalized spacial score (nSPS) is 10.5. The van der Waals surface area contributed by atoms with Crippen molar-refractivity contribution < 1.29 is 9.90 Å². The van der Waals surface area contributed by atoms with Crippen LogP contribution >= 0.6 is 0 Å². The number of carbonyl (C=O) groups is 1. The SMILES string of the molecule is Cc1nc(CCc2ccccc2)[nH]c(=O)c1CCC(=O)O. The van der Waals surface area contributed by atoms with Crippen molar-refractivity contribution in [2.24, 2.45) is 0 Å². The molecule has 0 saturated heterocycles. The van der Waals surface area contributed by atoms with Crippen LogP contribution in [0.25, 0.3) is 0 Å². The number of aromatic amines is 1. The highest BCUT2D eigenvalue weighted by molar-refractivity contribution is 5.67. The Balaban J connectivity index is 2.09. The lowest BCUT2D eigenvalue weighted by Crippen LogP contribution is -2.20. The minimum Gasteiger partial charge on any atom is -0.481 e. The molecule has 0 amide bonds. The number of H-pyrrole nitrogens is 1. The fourth-order valence-electron chi connectivity index (χ4n) is 2.22. The van der Waals surface area contributed by atoms with Gasteiger partial charge in [-0.05, 0) is 25.3 Å². The Kier molecular flexibility index (Phi) is 4.87. The average molecular weight is 286 g/mol. The molecule has 0 fully saturated rings. The Morgan fingerprint density at radius 1 is 1.19 bits per heavy atom. The molecule has 5 heteroatoms. The Morgan fingerprint density at radius 3 is 2.52 bits per heavy atom. The molecule has 1 aromatic heterocycles. The third kappa shape index (κ3) is 4.27. The first-order valence-electron chi connectivity index (χ1n) is 6.90. The summed E-state index contributed by atoms with van der Waals surface area (Å²) in [6.07, 6.45) is 1.61. The van der Waals surface area contributed by atoms with Gasteiger partial charge in [0.1, 0.15) is 5.82 Å². The lowest BCUT2D eigenvalue weighted by molar-refractivity contribution is -0.136. The van der Waals surface area contributed by atoms with Gasteiger partial charge in [0.15, 0.2) is 0 Å². The van der Waals surface area contributed by atoms with Crippen LogP contribution in [0, 0.1) is 6.92 Å². The Morgan fingerprint density at radius 2 is 1.90 bits per heavy atom. The van der Waals surface area contributed by atoms with Crippen LogP contribution in [0.1, 0.15) is 29.1 Å². The molecule has 0 bridgehead atoms. The van der Waals surface area contributed by atoms with Crippen molar-refractivity contribution in [2.75, 3.05) is 0 Å². The molecule has 0 saturated carbocycles. The summed E-state index contributed by atoms with van der Waals surface area (Å²) in [5, 5.41) is 8.69. The number of carboxylic acid groups (broad SMARTS) is 1. The third-order valence-electron chi connectivity index (χ3n) is 3.35.